The third kappa shape index (κ3) is 7.24. The Kier molecular flexibility index (Phi) is 8.96. The summed E-state index contributed by atoms with van der Waals surface area (Å²) in [6.07, 6.45) is -5.42. The summed E-state index contributed by atoms with van der Waals surface area (Å²) in [5.74, 6) is -4.08. The minimum Gasteiger partial charge on any atom is -0.449 e. The fourth-order valence-corrected chi connectivity index (χ4v) is 3.85. The Bertz CT molecular complexity index is 1570. The second-order valence-electron chi connectivity index (χ2n) is 9.15. The molecule has 8 nitrogen and oxygen atoms in total. The summed E-state index contributed by atoms with van der Waals surface area (Å²) in [6.45, 7) is 3.50. The number of amides is 1. The predicted octanol–water partition coefficient (Wildman–Crippen LogP) is 6.85. The van der Waals surface area contributed by atoms with Crippen LogP contribution in [-0.4, -0.2) is 18.1 Å². The number of hydrogen-bond acceptors (Lipinski definition) is 7. The van der Waals surface area contributed by atoms with Gasteiger partial charge in [0.25, 0.3) is 5.76 Å². The Labute approximate surface area is 232 Å². The van der Waals surface area contributed by atoms with E-state index in [2.05, 4.69) is 5.32 Å². The molecule has 3 aromatic carbocycles. The lowest BCUT2D eigenvalue weighted by atomic mass is 9.99. The van der Waals surface area contributed by atoms with E-state index in [1.807, 2.05) is 6.07 Å². The fourth-order valence-electron chi connectivity index (χ4n) is 3.85. The Morgan fingerprint density at radius 1 is 0.951 bits per heavy atom. The van der Waals surface area contributed by atoms with Gasteiger partial charge >= 0.3 is 18.2 Å². The maximum absolute atomic E-state index is 13.8. The van der Waals surface area contributed by atoms with Crippen molar-refractivity contribution in [2.45, 2.75) is 39.1 Å². The molecule has 1 unspecified atom stereocenters. The summed E-state index contributed by atoms with van der Waals surface area (Å²) in [4.78, 5) is 38.4. The molecule has 0 radical (unpaired) electrons. The molecule has 0 aliphatic carbocycles. The first-order chi connectivity index (χ1) is 19.6. The van der Waals surface area contributed by atoms with Crippen molar-refractivity contribution in [3.8, 4) is 17.2 Å². The van der Waals surface area contributed by atoms with Gasteiger partial charge in [0.1, 0.15) is 29.7 Å². The van der Waals surface area contributed by atoms with E-state index in [4.69, 9.17) is 18.6 Å². The van der Waals surface area contributed by atoms with E-state index in [0.29, 0.717) is 6.42 Å². The lowest BCUT2D eigenvalue weighted by molar-refractivity contribution is -0.154. The number of carbonyl (C=O) groups is 2. The van der Waals surface area contributed by atoms with Crippen LogP contribution in [0.15, 0.2) is 88.1 Å². The normalized spacial score (nSPS) is 12.8. The van der Waals surface area contributed by atoms with E-state index in [1.165, 1.54) is 36.4 Å². The molecule has 4 aromatic rings. The molecule has 0 aliphatic rings. The summed E-state index contributed by atoms with van der Waals surface area (Å²) in [7, 11) is 0. The number of nitrogens with one attached hydrogen (secondary N) is 1. The highest BCUT2D eigenvalue weighted by Gasteiger charge is 2.40. The number of alkyl halides is 3. The number of ether oxygens (including phenoxy) is 3. The van der Waals surface area contributed by atoms with Crippen LogP contribution in [0.3, 0.4) is 0 Å². The first-order valence-corrected chi connectivity index (χ1v) is 12.7. The number of halogens is 3. The third-order valence-electron chi connectivity index (χ3n) is 6.21. The van der Waals surface area contributed by atoms with Crippen molar-refractivity contribution in [2.75, 3.05) is 0 Å². The standard InChI is InChI=1S/C30H26F3NO7/c1-3-18(2)24(34-29(37)38-17-19-10-6-4-7-11-19)28(36)40-21-14-15-22-23(16-21)41-27(30(31,32)33)26(25(22)35)39-20-12-8-5-9-13-20/h4-16,18,24H,3,17H2,1-2H3,(H,34,37)/t18?,24-/m1/s1. The van der Waals surface area contributed by atoms with Crippen LogP contribution in [0.5, 0.6) is 17.2 Å². The third-order valence-corrected chi connectivity index (χ3v) is 6.21. The molecule has 0 spiro atoms. The maximum atomic E-state index is 13.8. The number of fused-ring (bicyclic) bond motifs is 1. The highest BCUT2D eigenvalue weighted by atomic mass is 19.4. The Balaban J connectivity index is 1.57. The van der Waals surface area contributed by atoms with Gasteiger partial charge in [0.2, 0.25) is 11.2 Å². The van der Waals surface area contributed by atoms with Crippen molar-refractivity contribution in [3.63, 3.8) is 0 Å². The van der Waals surface area contributed by atoms with E-state index in [9.17, 15) is 27.6 Å². The molecule has 0 saturated carbocycles. The van der Waals surface area contributed by atoms with Gasteiger partial charge in [-0.05, 0) is 35.7 Å². The fraction of sp³-hybridized carbons (Fsp3) is 0.233. The number of alkyl carbamates (subject to hydrolysis) is 1. The number of esters is 1. The minimum atomic E-state index is -5.06. The molecule has 214 valence electrons. The monoisotopic (exact) mass is 569 g/mol. The van der Waals surface area contributed by atoms with Gasteiger partial charge in [-0.2, -0.15) is 13.2 Å². The van der Waals surface area contributed by atoms with Crippen LogP contribution in [0, 0.1) is 5.92 Å². The molecule has 1 heterocycles. The molecular weight excluding hydrogens is 543 g/mol. The average Bonchev–Trinajstić information content (AvgIpc) is 2.96. The van der Waals surface area contributed by atoms with Crippen molar-refractivity contribution < 1.29 is 41.4 Å². The first-order valence-electron chi connectivity index (χ1n) is 12.7. The van der Waals surface area contributed by atoms with Crippen LogP contribution in [0.2, 0.25) is 0 Å². The Morgan fingerprint density at radius 3 is 2.24 bits per heavy atom. The zero-order valence-electron chi connectivity index (χ0n) is 22.1. The summed E-state index contributed by atoms with van der Waals surface area (Å²) >= 11 is 0. The quantitative estimate of drug-likeness (QED) is 0.174. The van der Waals surface area contributed by atoms with Crippen LogP contribution in [0.4, 0.5) is 18.0 Å². The Morgan fingerprint density at radius 2 is 1.61 bits per heavy atom. The smallest absolute Gasteiger partial charge is 0.449 e. The molecule has 0 saturated heterocycles. The molecule has 2 atom stereocenters. The van der Waals surface area contributed by atoms with Crippen LogP contribution in [0.1, 0.15) is 31.6 Å². The number of rotatable bonds is 9. The van der Waals surface area contributed by atoms with Gasteiger partial charge in [0.15, 0.2) is 0 Å². The van der Waals surface area contributed by atoms with E-state index in [1.54, 1.807) is 44.2 Å². The van der Waals surface area contributed by atoms with Crippen molar-refractivity contribution in [1.29, 1.82) is 0 Å². The molecule has 0 aliphatic heterocycles. The van der Waals surface area contributed by atoms with Gasteiger partial charge in [-0.3, -0.25) is 4.79 Å². The number of para-hydroxylation sites is 1. The first kappa shape index (κ1) is 29.2. The molecule has 0 bridgehead atoms. The number of hydrogen-bond donors (Lipinski definition) is 1. The van der Waals surface area contributed by atoms with Crippen molar-refractivity contribution >= 4 is 23.0 Å². The molecule has 1 aromatic heterocycles. The zero-order chi connectivity index (χ0) is 29.6. The van der Waals surface area contributed by atoms with Crippen LogP contribution in [-0.2, 0) is 22.3 Å². The molecular formula is C30H26F3NO7. The van der Waals surface area contributed by atoms with Crippen LogP contribution in [0.25, 0.3) is 11.0 Å². The lowest BCUT2D eigenvalue weighted by Crippen LogP contribution is -2.47. The van der Waals surface area contributed by atoms with Gasteiger partial charge in [-0.1, -0.05) is 68.8 Å². The van der Waals surface area contributed by atoms with Gasteiger partial charge in [0, 0.05) is 6.07 Å². The molecule has 4 rings (SSSR count). The zero-order valence-corrected chi connectivity index (χ0v) is 22.1. The van der Waals surface area contributed by atoms with Crippen LogP contribution >= 0.6 is 0 Å². The van der Waals surface area contributed by atoms with Crippen molar-refractivity contribution in [3.05, 3.63) is 100 Å². The van der Waals surface area contributed by atoms with Crippen LogP contribution < -0.4 is 20.2 Å². The second-order valence-corrected chi connectivity index (χ2v) is 9.15. The van der Waals surface area contributed by atoms with Gasteiger partial charge in [-0.25, -0.2) is 9.59 Å². The molecule has 0 fully saturated rings. The maximum Gasteiger partial charge on any atom is 0.453 e. The second kappa shape index (κ2) is 12.6. The summed E-state index contributed by atoms with van der Waals surface area (Å²) in [5, 5.41) is 2.27. The lowest BCUT2D eigenvalue weighted by Gasteiger charge is -2.22. The minimum absolute atomic E-state index is 0.0149. The molecule has 11 heteroatoms. The average molecular weight is 570 g/mol. The number of carbonyl (C=O) groups excluding carboxylic acids is 2. The summed E-state index contributed by atoms with van der Waals surface area (Å²) in [5.41, 5.74) is -0.775. The summed E-state index contributed by atoms with van der Waals surface area (Å²) in [6, 6.07) is 18.7. The van der Waals surface area contributed by atoms with Crippen molar-refractivity contribution in [2.24, 2.45) is 5.92 Å². The molecule has 41 heavy (non-hydrogen) atoms. The van der Waals surface area contributed by atoms with Crippen molar-refractivity contribution in [1.82, 2.24) is 5.32 Å². The van der Waals surface area contributed by atoms with E-state index in [0.717, 1.165) is 11.6 Å². The highest BCUT2D eigenvalue weighted by molar-refractivity contribution is 5.85. The largest absolute Gasteiger partial charge is 0.453 e. The molecule has 1 amide bonds. The Hall–Kier alpha value is -4.80. The van der Waals surface area contributed by atoms with Gasteiger partial charge < -0.3 is 23.9 Å². The number of benzene rings is 3. The van der Waals surface area contributed by atoms with E-state index >= 15 is 0 Å². The van der Waals surface area contributed by atoms with Gasteiger partial charge in [0.05, 0.1) is 5.39 Å². The molecule has 1 N–H and O–H groups in total. The van der Waals surface area contributed by atoms with Gasteiger partial charge in [-0.15, -0.1) is 0 Å². The predicted molar refractivity (Wildman–Crippen MR) is 143 cm³/mol. The van der Waals surface area contributed by atoms with E-state index in [-0.39, 0.29) is 29.4 Å². The van der Waals surface area contributed by atoms with E-state index < -0.39 is 46.8 Å². The topological polar surface area (TPSA) is 104 Å². The summed E-state index contributed by atoms with van der Waals surface area (Å²) < 4.78 is 62.4. The SMILES string of the molecule is CCC(C)[C@@H](NC(=O)OCc1ccccc1)C(=O)Oc1ccc2c(=O)c(Oc3ccccc3)c(C(F)(F)F)oc2c1. The highest BCUT2D eigenvalue weighted by Crippen LogP contribution is 2.38.